The van der Waals surface area contributed by atoms with E-state index in [0.29, 0.717) is 22.3 Å². The smallest absolute Gasteiger partial charge is 0.185 e. The third-order valence-corrected chi connectivity index (χ3v) is 4.70. The fourth-order valence-corrected chi connectivity index (χ4v) is 3.36. The zero-order valence-electron chi connectivity index (χ0n) is 12.8. The number of nitrogens with two attached hydrogens (primary N) is 1. The van der Waals surface area contributed by atoms with Gasteiger partial charge >= 0.3 is 0 Å². The number of rotatable bonds is 4. The van der Waals surface area contributed by atoms with Gasteiger partial charge in [-0.2, -0.15) is 0 Å². The van der Waals surface area contributed by atoms with E-state index in [-0.39, 0.29) is 24.2 Å². The highest BCUT2D eigenvalue weighted by Crippen LogP contribution is 2.28. The monoisotopic (exact) mass is 381 g/mol. The largest absolute Gasteiger partial charge is 0.379 e. The SMILES string of the molecule is Cl.NC1=NC(c2cccc(CC(=O)c3ccc(Cl)cn3)c2)CCS1. The van der Waals surface area contributed by atoms with Crippen molar-refractivity contribution in [3.63, 3.8) is 0 Å². The molecule has 0 fully saturated rings. The maximum absolute atomic E-state index is 12.3. The predicted molar refractivity (Wildman–Crippen MR) is 102 cm³/mol. The molecular formula is C17H17Cl2N3OS. The molecule has 0 saturated carbocycles. The van der Waals surface area contributed by atoms with Gasteiger partial charge in [-0.05, 0) is 29.7 Å². The van der Waals surface area contributed by atoms with Gasteiger partial charge in [0, 0.05) is 18.4 Å². The van der Waals surface area contributed by atoms with Crippen LogP contribution in [0.2, 0.25) is 5.02 Å². The number of Topliss-reactive ketones (excluding diaryl/α,β-unsaturated/α-hetero) is 1. The second kappa shape index (κ2) is 8.51. The average molecular weight is 382 g/mol. The minimum absolute atomic E-state index is 0. The molecule has 1 aliphatic rings. The molecule has 4 nitrogen and oxygen atoms in total. The number of aromatic nitrogens is 1. The Kier molecular flexibility index (Phi) is 6.66. The van der Waals surface area contributed by atoms with Crippen LogP contribution < -0.4 is 5.73 Å². The van der Waals surface area contributed by atoms with Crippen LogP contribution in [0.25, 0.3) is 0 Å². The highest BCUT2D eigenvalue weighted by Gasteiger charge is 2.17. The lowest BCUT2D eigenvalue weighted by molar-refractivity contribution is 0.0988. The van der Waals surface area contributed by atoms with E-state index >= 15 is 0 Å². The van der Waals surface area contributed by atoms with Crippen molar-refractivity contribution in [2.24, 2.45) is 10.7 Å². The Morgan fingerprint density at radius 3 is 2.88 bits per heavy atom. The average Bonchev–Trinajstić information content (AvgIpc) is 2.56. The zero-order chi connectivity index (χ0) is 16.2. The summed E-state index contributed by atoms with van der Waals surface area (Å²) >= 11 is 7.38. The van der Waals surface area contributed by atoms with E-state index in [0.717, 1.165) is 23.3 Å². The molecule has 126 valence electrons. The maximum Gasteiger partial charge on any atom is 0.185 e. The first-order valence-electron chi connectivity index (χ1n) is 7.31. The van der Waals surface area contributed by atoms with E-state index in [9.17, 15) is 4.79 Å². The second-order valence-electron chi connectivity index (χ2n) is 5.33. The summed E-state index contributed by atoms with van der Waals surface area (Å²) < 4.78 is 0. The van der Waals surface area contributed by atoms with Gasteiger partial charge in [-0.1, -0.05) is 47.6 Å². The number of halogens is 2. The summed E-state index contributed by atoms with van der Waals surface area (Å²) in [5.41, 5.74) is 8.29. The number of carbonyl (C=O) groups excluding carboxylic acids is 1. The van der Waals surface area contributed by atoms with Crippen LogP contribution >= 0.6 is 35.8 Å². The van der Waals surface area contributed by atoms with Crippen molar-refractivity contribution in [1.29, 1.82) is 0 Å². The van der Waals surface area contributed by atoms with Crippen LogP contribution in [0.15, 0.2) is 47.6 Å². The fourth-order valence-electron chi connectivity index (χ4n) is 2.50. The summed E-state index contributed by atoms with van der Waals surface area (Å²) in [5, 5.41) is 1.15. The number of thioether (sulfide) groups is 1. The van der Waals surface area contributed by atoms with Crippen LogP contribution in [0, 0.1) is 0 Å². The van der Waals surface area contributed by atoms with Crippen molar-refractivity contribution >= 4 is 46.7 Å². The van der Waals surface area contributed by atoms with Gasteiger partial charge in [0.05, 0.1) is 11.1 Å². The molecule has 7 heteroatoms. The number of hydrogen-bond acceptors (Lipinski definition) is 5. The Labute approximate surface area is 156 Å². The van der Waals surface area contributed by atoms with E-state index in [1.807, 2.05) is 24.3 Å². The highest BCUT2D eigenvalue weighted by atomic mass is 35.5. The van der Waals surface area contributed by atoms with E-state index in [1.54, 1.807) is 23.9 Å². The van der Waals surface area contributed by atoms with Crippen molar-refractivity contribution in [1.82, 2.24) is 4.98 Å². The van der Waals surface area contributed by atoms with E-state index in [4.69, 9.17) is 17.3 Å². The predicted octanol–water partition coefficient (Wildman–Crippen LogP) is 4.07. The summed E-state index contributed by atoms with van der Waals surface area (Å²) in [6.45, 7) is 0. The molecule has 3 rings (SSSR count). The fraction of sp³-hybridized carbons (Fsp3) is 0.235. The number of pyridine rings is 1. The number of hydrogen-bond donors (Lipinski definition) is 1. The summed E-state index contributed by atoms with van der Waals surface area (Å²) in [5.74, 6) is 0.943. The molecule has 0 amide bonds. The third kappa shape index (κ3) is 4.72. The van der Waals surface area contributed by atoms with Crippen molar-refractivity contribution in [3.8, 4) is 0 Å². The van der Waals surface area contributed by atoms with Crippen LogP contribution in [0.4, 0.5) is 0 Å². The van der Waals surface area contributed by atoms with E-state index < -0.39 is 0 Å². The molecule has 1 aliphatic heterocycles. The Hall–Kier alpha value is -1.56. The normalized spacial score (nSPS) is 16.9. The molecule has 2 aromatic rings. The van der Waals surface area contributed by atoms with Gasteiger partial charge in [0.1, 0.15) is 5.69 Å². The number of amidine groups is 1. The Balaban J connectivity index is 0.00000208. The van der Waals surface area contributed by atoms with E-state index in [1.165, 1.54) is 6.20 Å². The van der Waals surface area contributed by atoms with Crippen LogP contribution in [0.1, 0.15) is 34.1 Å². The molecule has 1 unspecified atom stereocenters. The van der Waals surface area contributed by atoms with Crippen LogP contribution in [0.5, 0.6) is 0 Å². The number of carbonyl (C=O) groups is 1. The first kappa shape index (κ1) is 18.8. The molecule has 2 N–H and O–H groups in total. The highest BCUT2D eigenvalue weighted by molar-refractivity contribution is 8.13. The number of nitrogens with zero attached hydrogens (tertiary/aromatic N) is 2. The molecule has 0 bridgehead atoms. The van der Waals surface area contributed by atoms with Crippen molar-refractivity contribution in [2.45, 2.75) is 18.9 Å². The van der Waals surface area contributed by atoms with Crippen molar-refractivity contribution < 1.29 is 4.79 Å². The second-order valence-corrected chi connectivity index (χ2v) is 6.88. The lowest BCUT2D eigenvalue weighted by atomic mass is 9.99. The number of benzene rings is 1. The Bertz CT molecular complexity index is 750. The molecule has 0 saturated heterocycles. The van der Waals surface area contributed by atoms with Gasteiger partial charge in [-0.15, -0.1) is 12.4 Å². The minimum Gasteiger partial charge on any atom is -0.379 e. The Morgan fingerprint density at radius 1 is 1.33 bits per heavy atom. The number of aliphatic imine (C=N–C) groups is 1. The Morgan fingerprint density at radius 2 is 2.17 bits per heavy atom. The summed E-state index contributed by atoms with van der Waals surface area (Å²) in [4.78, 5) is 20.9. The molecule has 24 heavy (non-hydrogen) atoms. The van der Waals surface area contributed by atoms with Gasteiger partial charge in [0.25, 0.3) is 0 Å². The van der Waals surface area contributed by atoms with Crippen molar-refractivity contribution in [3.05, 3.63) is 64.4 Å². The quantitative estimate of drug-likeness (QED) is 0.810. The van der Waals surface area contributed by atoms with Gasteiger partial charge in [-0.25, -0.2) is 0 Å². The van der Waals surface area contributed by atoms with Gasteiger partial charge in [-0.3, -0.25) is 14.8 Å². The molecule has 0 aliphatic carbocycles. The van der Waals surface area contributed by atoms with Crippen molar-refractivity contribution in [2.75, 3.05) is 5.75 Å². The molecule has 0 radical (unpaired) electrons. The van der Waals surface area contributed by atoms with Crippen LogP contribution in [-0.2, 0) is 6.42 Å². The van der Waals surface area contributed by atoms with Crippen LogP contribution in [-0.4, -0.2) is 21.7 Å². The minimum atomic E-state index is -0.0268. The number of ketones is 1. The zero-order valence-corrected chi connectivity index (χ0v) is 15.2. The first-order chi connectivity index (χ1) is 11.1. The summed E-state index contributed by atoms with van der Waals surface area (Å²) in [7, 11) is 0. The van der Waals surface area contributed by atoms with E-state index in [2.05, 4.69) is 9.98 Å². The standard InChI is InChI=1S/C17H16ClN3OS.ClH/c18-13-4-5-15(20-10-13)16(22)9-11-2-1-3-12(8-11)14-6-7-23-17(19)21-14;/h1-5,8,10,14H,6-7,9H2,(H2,19,21);1H. The maximum atomic E-state index is 12.3. The molecule has 1 aromatic carbocycles. The molecular weight excluding hydrogens is 365 g/mol. The lowest BCUT2D eigenvalue weighted by Crippen LogP contribution is -2.16. The first-order valence-corrected chi connectivity index (χ1v) is 8.68. The molecule has 2 heterocycles. The summed E-state index contributed by atoms with van der Waals surface area (Å²) in [6, 6.07) is 11.4. The topological polar surface area (TPSA) is 68.3 Å². The summed E-state index contributed by atoms with van der Waals surface area (Å²) in [6.07, 6.45) is 2.76. The molecule has 1 atom stereocenters. The van der Waals surface area contributed by atoms with Gasteiger partial charge in [0.15, 0.2) is 11.0 Å². The van der Waals surface area contributed by atoms with Gasteiger partial charge in [0.2, 0.25) is 0 Å². The molecule has 0 spiro atoms. The van der Waals surface area contributed by atoms with Crippen LogP contribution in [0.3, 0.4) is 0 Å². The molecule has 1 aromatic heterocycles. The van der Waals surface area contributed by atoms with Gasteiger partial charge < -0.3 is 5.73 Å². The third-order valence-electron chi connectivity index (χ3n) is 3.64. The lowest BCUT2D eigenvalue weighted by Gasteiger charge is -2.18.